The molecule has 1 heterocycles. The van der Waals surface area contributed by atoms with E-state index in [1.54, 1.807) is 0 Å². The third-order valence-corrected chi connectivity index (χ3v) is 4.54. The van der Waals surface area contributed by atoms with Crippen LogP contribution in [-0.4, -0.2) is 26.4 Å². The van der Waals surface area contributed by atoms with E-state index in [0.717, 1.165) is 25.8 Å². The molecule has 0 bridgehead atoms. The predicted octanol–water partition coefficient (Wildman–Crippen LogP) is 2.77. The van der Waals surface area contributed by atoms with Crippen LogP contribution in [0.1, 0.15) is 11.4 Å². The van der Waals surface area contributed by atoms with Crippen molar-refractivity contribution < 1.29 is 4.79 Å². The standard InChI is InChI=1S/C13H15IN4OS/c1-8-6-10(14)4-5-11(8)15-12(19)7-20-13-17-16-9(2)18(13)3/h4-6H,7H2,1-3H3,(H,15,19). The van der Waals surface area contributed by atoms with E-state index in [9.17, 15) is 4.79 Å². The van der Waals surface area contributed by atoms with Crippen molar-refractivity contribution >= 4 is 45.9 Å². The second-order valence-electron chi connectivity index (χ2n) is 4.38. The lowest BCUT2D eigenvalue weighted by molar-refractivity contribution is -0.113. The fourth-order valence-corrected chi connectivity index (χ4v) is 3.00. The minimum absolute atomic E-state index is 0.0417. The zero-order chi connectivity index (χ0) is 14.7. The predicted molar refractivity (Wildman–Crippen MR) is 89.0 cm³/mol. The topological polar surface area (TPSA) is 59.8 Å². The zero-order valence-electron chi connectivity index (χ0n) is 11.5. The molecule has 0 spiro atoms. The highest BCUT2D eigenvalue weighted by molar-refractivity contribution is 14.1. The molecule has 1 aromatic heterocycles. The Morgan fingerprint density at radius 2 is 2.15 bits per heavy atom. The number of aromatic nitrogens is 3. The Bertz CT molecular complexity index is 641. The van der Waals surface area contributed by atoms with Gasteiger partial charge in [-0.25, -0.2) is 0 Å². The number of nitrogens with zero attached hydrogens (tertiary/aromatic N) is 3. The first-order valence-corrected chi connectivity index (χ1v) is 8.08. The molecule has 0 unspecified atom stereocenters. The molecule has 1 amide bonds. The van der Waals surface area contributed by atoms with E-state index in [-0.39, 0.29) is 5.91 Å². The van der Waals surface area contributed by atoms with Gasteiger partial charge >= 0.3 is 0 Å². The van der Waals surface area contributed by atoms with Gasteiger partial charge in [-0.05, 0) is 60.2 Å². The van der Waals surface area contributed by atoms with Crippen LogP contribution in [0.3, 0.4) is 0 Å². The van der Waals surface area contributed by atoms with Gasteiger partial charge in [-0.3, -0.25) is 4.79 Å². The third kappa shape index (κ3) is 3.72. The summed E-state index contributed by atoms with van der Waals surface area (Å²) in [6.07, 6.45) is 0. The Kier molecular flexibility index (Phi) is 5.03. The Hall–Kier alpha value is -1.09. The lowest BCUT2D eigenvalue weighted by Gasteiger charge is -2.08. The summed E-state index contributed by atoms with van der Waals surface area (Å²) in [6, 6.07) is 5.93. The second kappa shape index (κ2) is 6.57. The van der Waals surface area contributed by atoms with Gasteiger partial charge < -0.3 is 9.88 Å². The van der Waals surface area contributed by atoms with E-state index in [0.29, 0.717) is 5.75 Å². The van der Waals surface area contributed by atoms with Gasteiger partial charge in [0, 0.05) is 16.3 Å². The highest BCUT2D eigenvalue weighted by Crippen LogP contribution is 2.19. The number of thioether (sulfide) groups is 1. The summed E-state index contributed by atoms with van der Waals surface area (Å²) in [5.74, 6) is 1.11. The molecule has 2 aromatic rings. The maximum atomic E-state index is 11.9. The number of aryl methyl sites for hydroxylation is 2. The highest BCUT2D eigenvalue weighted by atomic mass is 127. The van der Waals surface area contributed by atoms with Crippen molar-refractivity contribution in [2.24, 2.45) is 7.05 Å². The van der Waals surface area contributed by atoms with Crippen LogP contribution in [0.2, 0.25) is 0 Å². The van der Waals surface area contributed by atoms with Crippen molar-refractivity contribution in [2.75, 3.05) is 11.1 Å². The summed E-state index contributed by atoms with van der Waals surface area (Å²) in [5, 5.41) is 11.6. The van der Waals surface area contributed by atoms with Crippen LogP contribution >= 0.6 is 34.4 Å². The normalized spacial score (nSPS) is 10.6. The van der Waals surface area contributed by atoms with Gasteiger partial charge in [0.2, 0.25) is 5.91 Å². The van der Waals surface area contributed by atoms with Crippen LogP contribution in [0, 0.1) is 17.4 Å². The summed E-state index contributed by atoms with van der Waals surface area (Å²) in [5.41, 5.74) is 1.91. The summed E-state index contributed by atoms with van der Waals surface area (Å²) in [4.78, 5) is 11.9. The summed E-state index contributed by atoms with van der Waals surface area (Å²) >= 11 is 3.63. The molecule has 0 atom stereocenters. The van der Waals surface area contributed by atoms with E-state index >= 15 is 0 Å². The highest BCUT2D eigenvalue weighted by Gasteiger charge is 2.10. The molecule has 0 saturated carbocycles. The van der Waals surface area contributed by atoms with E-state index < -0.39 is 0 Å². The molecule has 0 aliphatic rings. The number of anilines is 1. The van der Waals surface area contributed by atoms with Gasteiger partial charge in [0.25, 0.3) is 0 Å². The maximum absolute atomic E-state index is 11.9. The van der Waals surface area contributed by atoms with Gasteiger partial charge in [0.1, 0.15) is 5.82 Å². The van der Waals surface area contributed by atoms with Gasteiger partial charge in [0.05, 0.1) is 5.75 Å². The van der Waals surface area contributed by atoms with E-state index in [1.807, 2.05) is 43.7 Å². The smallest absolute Gasteiger partial charge is 0.234 e. The number of hydrogen-bond donors (Lipinski definition) is 1. The Labute approximate surface area is 135 Å². The monoisotopic (exact) mass is 402 g/mol. The lowest BCUT2D eigenvalue weighted by atomic mass is 10.2. The molecule has 0 aliphatic heterocycles. The van der Waals surface area contributed by atoms with Crippen LogP contribution in [0.5, 0.6) is 0 Å². The van der Waals surface area contributed by atoms with Crippen LogP contribution in [-0.2, 0) is 11.8 Å². The van der Waals surface area contributed by atoms with Crippen LogP contribution in [0.15, 0.2) is 23.4 Å². The summed E-state index contributed by atoms with van der Waals surface area (Å²) in [6.45, 7) is 3.86. The number of hydrogen-bond acceptors (Lipinski definition) is 4. The van der Waals surface area contributed by atoms with Crippen LogP contribution < -0.4 is 5.32 Å². The van der Waals surface area contributed by atoms with Crippen molar-refractivity contribution in [2.45, 2.75) is 19.0 Å². The van der Waals surface area contributed by atoms with Crippen molar-refractivity contribution in [1.82, 2.24) is 14.8 Å². The third-order valence-electron chi connectivity index (χ3n) is 2.85. The van der Waals surface area contributed by atoms with Crippen molar-refractivity contribution in [3.8, 4) is 0 Å². The lowest BCUT2D eigenvalue weighted by Crippen LogP contribution is -2.15. The molecule has 0 fully saturated rings. The SMILES string of the molecule is Cc1cc(I)ccc1NC(=O)CSc1nnc(C)n1C. The second-order valence-corrected chi connectivity index (χ2v) is 6.57. The zero-order valence-corrected chi connectivity index (χ0v) is 14.4. The molecule has 5 nitrogen and oxygen atoms in total. The average Bonchev–Trinajstić information content (AvgIpc) is 2.71. The fourth-order valence-electron chi connectivity index (χ4n) is 1.60. The van der Waals surface area contributed by atoms with Gasteiger partial charge in [0.15, 0.2) is 5.16 Å². The number of nitrogens with one attached hydrogen (secondary N) is 1. The molecule has 0 radical (unpaired) electrons. The first-order chi connectivity index (χ1) is 9.47. The van der Waals surface area contributed by atoms with Gasteiger partial charge in [-0.1, -0.05) is 11.8 Å². The van der Waals surface area contributed by atoms with Gasteiger partial charge in [-0.15, -0.1) is 10.2 Å². The number of benzene rings is 1. The minimum Gasteiger partial charge on any atom is -0.325 e. The number of halogens is 1. The molecular weight excluding hydrogens is 387 g/mol. The summed E-state index contributed by atoms with van der Waals surface area (Å²) < 4.78 is 3.02. The van der Waals surface area contributed by atoms with E-state index in [2.05, 4.69) is 38.1 Å². The van der Waals surface area contributed by atoms with Crippen molar-refractivity contribution in [3.05, 3.63) is 33.2 Å². The molecule has 1 aromatic carbocycles. The number of rotatable bonds is 4. The van der Waals surface area contributed by atoms with Crippen LogP contribution in [0.25, 0.3) is 0 Å². The molecule has 1 N–H and O–H groups in total. The number of carbonyl (C=O) groups excluding carboxylic acids is 1. The maximum Gasteiger partial charge on any atom is 0.234 e. The molecule has 20 heavy (non-hydrogen) atoms. The molecular formula is C13H15IN4OS. The minimum atomic E-state index is -0.0417. The summed E-state index contributed by atoms with van der Waals surface area (Å²) in [7, 11) is 1.89. The van der Waals surface area contributed by atoms with Gasteiger partial charge in [-0.2, -0.15) is 0 Å². The van der Waals surface area contributed by atoms with Crippen LogP contribution in [0.4, 0.5) is 5.69 Å². The number of amides is 1. The van der Waals surface area contributed by atoms with Crippen molar-refractivity contribution in [3.63, 3.8) is 0 Å². The fraction of sp³-hybridized carbons (Fsp3) is 0.308. The first kappa shape index (κ1) is 15.3. The first-order valence-electron chi connectivity index (χ1n) is 6.02. The van der Waals surface area contributed by atoms with Crippen molar-refractivity contribution in [1.29, 1.82) is 0 Å². The molecule has 106 valence electrons. The Morgan fingerprint density at radius 3 is 2.75 bits per heavy atom. The Morgan fingerprint density at radius 1 is 1.40 bits per heavy atom. The molecule has 0 aliphatic carbocycles. The molecule has 2 rings (SSSR count). The average molecular weight is 402 g/mol. The molecule has 7 heteroatoms. The van der Waals surface area contributed by atoms with E-state index in [4.69, 9.17) is 0 Å². The van der Waals surface area contributed by atoms with E-state index in [1.165, 1.54) is 11.8 Å². The molecule has 0 saturated heterocycles. The Balaban J connectivity index is 1.94. The largest absolute Gasteiger partial charge is 0.325 e. The number of carbonyl (C=O) groups is 1. The quantitative estimate of drug-likeness (QED) is 0.631.